The molecule has 0 radical (unpaired) electrons. The second-order valence-corrected chi connectivity index (χ2v) is 12.2. The molecule has 0 unspecified atom stereocenters. The predicted octanol–water partition coefficient (Wildman–Crippen LogP) is 4.33. The molecule has 2 aliphatic heterocycles. The van der Waals surface area contributed by atoms with Gasteiger partial charge in [0, 0.05) is 88.6 Å². The van der Waals surface area contributed by atoms with Gasteiger partial charge < -0.3 is 10.6 Å². The summed E-state index contributed by atoms with van der Waals surface area (Å²) in [5, 5.41) is 3.03. The number of amides is 1. The smallest absolute Gasteiger partial charge is 0.222 e. The number of likely N-dealkylation sites (tertiary alicyclic amines) is 1. The number of aryl methyl sites for hydroxylation is 1. The summed E-state index contributed by atoms with van der Waals surface area (Å²) in [6.45, 7) is 4.98. The van der Waals surface area contributed by atoms with Gasteiger partial charge in [-0.05, 0) is 31.2 Å². The molecule has 1 aromatic carbocycles. The molecule has 36 heavy (non-hydrogen) atoms. The summed E-state index contributed by atoms with van der Waals surface area (Å²) in [5.74, 6) is 1.52. The second kappa shape index (κ2) is 10.6. The van der Waals surface area contributed by atoms with E-state index in [0.29, 0.717) is 43.1 Å². The van der Waals surface area contributed by atoms with Crippen molar-refractivity contribution in [2.75, 3.05) is 24.6 Å². The van der Waals surface area contributed by atoms with Crippen LogP contribution < -0.4 is 5.73 Å². The van der Waals surface area contributed by atoms with Crippen LogP contribution in [0.5, 0.6) is 0 Å². The molecule has 2 saturated heterocycles. The molecule has 2 aliphatic rings. The van der Waals surface area contributed by atoms with E-state index in [-0.39, 0.29) is 11.9 Å². The number of carbonyl (C=O) groups is 1. The normalized spacial score (nSPS) is 23.3. The van der Waals surface area contributed by atoms with Crippen LogP contribution in [0, 0.1) is 6.92 Å². The zero-order valence-electron chi connectivity index (χ0n) is 20.7. The van der Waals surface area contributed by atoms with Crippen LogP contribution in [0.3, 0.4) is 0 Å². The lowest BCUT2D eigenvalue weighted by molar-refractivity contribution is -0.130. The van der Waals surface area contributed by atoms with Gasteiger partial charge in [0.25, 0.3) is 0 Å². The van der Waals surface area contributed by atoms with Gasteiger partial charge in [0.05, 0.1) is 21.6 Å². The van der Waals surface area contributed by atoms with Crippen molar-refractivity contribution in [3.8, 4) is 10.6 Å². The topological polar surface area (TPSA) is 102 Å². The number of pyridine rings is 1. The number of aromatic nitrogens is 2. The Morgan fingerprint density at radius 1 is 1.25 bits per heavy atom. The van der Waals surface area contributed by atoms with Crippen molar-refractivity contribution in [3.05, 3.63) is 52.8 Å². The van der Waals surface area contributed by atoms with Gasteiger partial charge in [0.15, 0.2) is 0 Å². The highest BCUT2D eigenvalue weighted by molar-refractivity contribution is 7.85. The standard InChI is InChI=1S/C27H31N5O2S2/c1-3-26(33)32-10-7-23(31-19-8-11-36(34)12-9-19)22(16-32)27(28)20-6-4-5-18-13-24(30-14-21(18)20)25-15-29-17(2)35-25/h4-6,13-15,19H,3,7-12,16,28H2,1-2H3. The number of hydrogen-bond acceptors (Lipinski definition) is 7. The highest BCUT2D eigenvalue weighted by Gasteiger charge is 2.27. The van der Waals surface area contributed by atoms with E-state index in [4.69, 9.17) is 15.7 Å². The van der Waals surface area contributed by atoms with Crippen LogP contribution in [0.4, 0.5) is 0 Å². The number of piperidine rings is 1. The molecule has 2 aromatic heterocycles. The fraction of sp³-hybridized carbons (Fsp3) is 0.407. The average molecular weight is 522 g/mol. The number of aliphatic imine (C=N–C) groups is 1. The molecule has 7 nitrogen and oxygen atoms in total. The van der Waals surface area contributed by atoms with Crippen molar-refractivity contribution in [2.45, 2.75) is 45.6 Å². The van der Waals surface area contributed by atoms with Crippen LogP contribution >= 0.6 is 11.3 Å². The van der Waals surface area contributed by atoms with E-state index in [9.17, 15) is 9.00 Å². The van der Waals surface area contributed by atoms with E-state index >= 15 is 0 Å². The van der Waals surface area contributed by atoms with E-state index in [2.05, 4.69) is 17.1 Å². The third-order valence-corrected chi connectivity index (χ3v) is 9.24. The molecule has 0 bridgehead atoms. The summed E-state index contributed by atoms with van der Waals surface area (Å²) in [6, 6.07) is 8.34. The van der Waals surface area contributed by atoms with Gasteiger partial charge >= 0.3 is 0 Å². The Labute approximate surface area is 218 Å². The van der Waals surface area contributed by atoms with Gasteiger partial charge in [-0.15, -0.1) is 11.3 Å². The summed E-state index contributed by atoms with van der Waals surface area (Å²) in [6.07, 6.45) is 6.55. The lowest BCUT2D eigenvalue weighted by Gasteiger charge is -2.32. The number of fused-ring (bicyclic) bond motifs is 1. The summed E-state index contributed by atoms with van der Waals surface area (Å²) >= 11 is 1.62. The van der Waals surface area contributed by atoms with Crippen molar-refractivity contribution in [1.29, 1.82) is 0 Å². The maximum Gasteiger partial charge on any atom is 0.222 e. The van der Waals surface area contributed by atoms with Crippen LogP contribution in [0.2, 0.25) is 0 Å². The lowest BCUT2D eigenvalue weighted by Crippen LogP contribution is -2.41. The third-order valence-electron chi connectivity index (χ3n) is 6.92. The predicted molar refractivity (Wildman–Crippen MR) is 149 cm³/mol. The Balaban J connectivity index is 1.56. The Kier molecular flexibility index (Phi) is 7.29. The lowest BCUT2D eigenvalue weighted by atomic mass is 9.93. The minimum Gasteiger partial charge on any atom is -0.398 e. The first-order valence-electron chi connectivity index (χ1n) is 12.4. The Hall–Kier alpha value is -2.91. The molecular weight excluding hydrogens is 490 g/mol. The number of nitrogens with two attached hydrogens (primary N) is 1. The molecule has 0 spiro atoms. The van der Waals surface area contributed by atoms with E-state index in [1.165, 1.54) is 0 Å². The Bertz CT molecular complexity index is 1380. The van der Waals surface area contributed by atoms with Crippen molar-refractivity contribution in [1.82, 2.24) is 14.9 Å². The zero-order chi connectivity index (χ0) is 25.2. The minimum absolute atomic E-state index is 0.122. The van der Waals surface area contributed by atoms with Gasteiger partial charge in [0.1, 0.15) is 0 Å². The van der Waals surface area contributed by atoms with Gasteiger partial charge in [0.2, 0.25) is 5.91 Å². The minimum atomic E-state index is -0.727. The molecule has 0 saturated carbocycles. The van der Waals surface area contributed by atoms with Crippen molar-refractivity contribution in [2.24, 2.45) is 10.7 Å². The fourth-order valence-corrected chi connectivity index (χ4v) is 6.91. The number of hydrogen-bond donors (Lipinski definition) is 1. The Morgan fingerprint density at radius 2 is 2.06 bits per heavy atom. The van der Waals surface area contributed by atoms with Crippen molar-refractivity contribution in [3.63, 3.8) is 0 Å². The van der Waals surface area contributed by atoms with E-state index in [0.717, 1.165) is 56.0 Å². The average Bonchev–Trinajstić information content (AvgIpc) is 3.35. The summed E-state index contributed by atoms with van der Waals surface area (Å²) in [4.78, 5) is 29.7. The number of thiazole rings is 1. The van der Waals surface area contributed by atoms with Crippen molar-refractivity contribution < 1.29 is 9.00 Å². The fourth-order valence-electron chi connectivity index (χ4n) is 4.89. The van der Waals surface area contributed by atoms with E-state index < -0.39 is 10.8 Å². The van der Waals surface area contributed by atoms with Crippen molar-refractivity contribution >= 4 is 50.2 Å². The molecule has 0 atom stereocenters. The number of carbonyl (C=O) groups excluding carboxylic acids is 1. The van der Waals surface area contributed by atoms with E-state index in [1.807, 2.05) is 43.3 Å². The largest absolute Gasteiger partial charge is 0.398 e. The van der Waals surface area contributed by atoms with Gasteiger partial charge in [-0.1, -0.05) is 25.1 Å². The number of benzene rings is 1. The first kappa shape index (κ1) is 24.8. The summed E-state index contributed by atoms with van der Waals surface area (Å²) in [7, 11) is -0.727. The molecule has 9 heteroatoms. The molecule has 2 N–H and O–H groups in total. The first-order chi connectivity index (χ1) is 17.4. The monoisotopic (exact) mass is 521 g/mol. The van der Waals surface area contributed by atoms with E-state index in [1.54, 1.807) is 11.3 Å². The van der Waals surface area contributed by atoms with Crippen LogP contribution in [0.25, 0.3) is 27.0 Å². The molecular formula is C27H31N5O2S2. The maximum absolute atomic E-state index is 12.6. The molecule has 5 rings (SSSR count). The SMILES string of the molecule is CCC(=O)N1CCC(=NC2CCS(=O)CC2)C(=C(N)c2cccc3cc(-c4cnc(C)s4)ncc23)C1. The summed E-state index contributed by atoms with van der Waals surface area (Å²) in [5.41, 5.74) is 11.2. The second-order valence-electron chi connectivity index (χ2n) is 9.31. The quantitative estimate of drug-likeness (QED) is 0.551. The highest BCUT2D eigenvalue weighted by Crippen LogP contribution is 2.31. The number of rotatable bonds is 4. The van der Waals surface area contributed by atoms with Gasteiger partial charge in [-0.25, -0.2) is 4.98 Å². The third kappa shape index (κ3) is 5.13. The molecule has 1 amide bonds. The molecule has 188 valence electrons. The zero-order valence-corrected chi connectivity index (χ0v) is 22.3. The highest BCUT2D eigenvalue weighted by atomic mass is 32.2. The molecule has 0 aliphatic carbocycles. The molecule has 2 fully saturated rings. The van der Waals surface area contributed by atoms with Crippen LogP contribution in [0.1, 0.15) is 43.2 Å². The van der Waals surface area contributed by atoms with Crippen LogP contribution in [-0.4, -0.2) is 61.3 Å². The van der Waals surface area contributed by atoms with Gasteiger partial charge in [-0.3, -0.25) is 19.0 Å². The van der Waals surface area contributed by atoms with Crippen LogP contribution in [-0.2, 0) is 15.6 Å². The molecule has 4 heterocycles. The maximum atomic E-state index is 12.6. The molecule has 3 aromatic rings. The number of nitrogens with zero attached hydrogens (tertiary/aromatic N) is 4. The van der Waals surface area contributed by atoms with Crippen LogP contribution in [0.15, 0.2) is 47.2 Å². The summed E-state index contributed by atoms with van der Waals surface area (Å²) < 4.78 is 11.8. The Morgan fingerprint density at radius 3 is 2.78 bits per heavy atom. The first-order valence-corrected chi connectivity index (χ1v) is 14.7. The van der Waals surface area contributed by atoms with Gasteiger partial charge in [-0.2, -0.15) is 0 Å².